The largest absolute Gasteiger partial charge is 0.349 e. The monoisotopic (exact) mass is 215 g/mol. The first-order valence-electron chi connectivity index (χ1n) is 5.58. The topological polar surface area (TPSA) is 46.4 Å². The van der Waals surface area contributed by atoms with Crippen LogP contribution in [-0.2, 0) is 0 Å². The van der Waals surface area contributed by atoms with Crippen LogP contribution in [0, 0.1) is 0 Å². The molecule has 0 radical (unpaired) electrons. The van der Waals surface area contributed by atoms with Gasteiger partial charge in [0.15, 0.2) is 0 Å². The number of nitrogens with zero attached hydrogens (tertiary/aromatic N) is 2. The first kappa shape index (κ1) is 9.39. The molecule has 82 valence electrons. The van der Waals surface area contributed by atoms with E-state index < -0.39 is 0 Å². The molecule has 1 aliphatic rings. The van der Waals surface area contributed by atoms with E-state index in [-0.39, 0.29) is 5.91 Å². The zero-order chi connectivity index (χ0) is 11.0. The number of rotatable bonds is 2. The summed E-state index contributed by atoms with van der Waals surface area (Å²) >= 11 is 0. The maximum absolute atomic E-state index is 12.0. The lowest BCUT2D eigenvalue weighted by atomic mass is 9.93. The Hall–Kier alpha value is -1.84. The van der Waals surface area contributed by atoms with Crippen molar-refractivity contribution in [3.8, 4) is 0 Å². The van der Waals surface area contributed by atoms with Crippen molar-refractivity contribution in [2.45, 2.75) is 25.3 Å². The third kappa shape index (κ3) is 1.46. The third-order valence-corrected chi connectivity index (χ3v) is 3.11. The maximum atomic E-state index is 12.0. The Labute approximate surface area is 93.3 Å². The van der Waals surface area contributed by atoms with Gasteiger partial charge in [-0.1, -0.05) is 6.07 Å². The highest BCUT2D eigenvalue weighted by molar-refractivity contribution is 6.00. The van der Waals surface area contributed by atoms with Gasteiger partial charge in [-0.15, -0.1) is 0 Å². The number of fused-ring (bicyclic) bond motifs is 1. The van der Waals surface area contributed by atoms with Gasteiger partial charge in [-0.25, -0.2) is 4.52 Å². The molecule has 0 aliphatic heterocycles. The van der Waals surface area contributed by atoms with Gasteiger partial charge in [0.25, 0.3) is 5.91 Å². The van der Waals surface area contributed by atoms with Crippen LogP contribution in [0.1, 0.15) is 29.6 Å². The number of nitrogens with one attached hydrogen (secondary N) is 1. The average molecular weight is 215 g/mol. The molecule has 1 amide bonds. The molecule has 0 bridgehead atoms. The molecule has 0 atom stereocenters. The van der Waals surface area contributed by atoms with Crippen LogP contribution in [0.15, 0.2) is 30.6 Å². The van der Waals surface area contributed by atoms with E-state index in [1.54, 1.807) is 10.7 Å². The second-order valence-electron chi connectivity index (χ2n) is 4.19. The summed E-state index contributed by atoms with van der Waals surface area (Å²) in [6.07, 6.45) is 6.90. The van der Waals surface area contributed by atoms with E-state index in [2.05, 4.69) is 10.4 Å². The number of hydrogen-bond acceptors (Lipinski definition) is 2. The van der Waals surface area contributed by atoms with Gasteiger partial charge in [-0.2, -0.15) is 5.10 Å². The summed E-state index contributed by atoms with van der Waals surface area (Å²) in [5, 5.41) is 7.17. The molecule has 0 unspecified atom stereocenters. The van der Waals surface area contributed by atoms with Crippen LogP contribution in [-0.4, -0.2) is 21.6 Å². The number of pyridine rings is 1. The predicted octanol–water partition coefficient (Wildman–Crippen LogP) is 1.62. The zero-order valence-electron chi connectivity index (χ0n) is 8.89. The van der Waals surface area contributed by atoms with E-state index in [4.69, 9.17) is 0 Å². The normalized spacial score (nSPS) is 16.0. The van der Waals surface area contributed by atoms with Crippen LogP contribution >= 0.6 is 0 Å². The minimum Gasteiger partial charge on any atom is -0.349 e. The molecule has 2 aromatic heterocycles. The quantitative estimate of drug-likeness (QED) is 0.827. The van der Waals surface area contributed by atoms with Crippen LogP contribution in [0.25, 0.3) is 5.52 Å². The SMILES string of the molecule is O=C(NC1CCC1)c1cnn2ccccc12. The number of amides is 1. The number of aromatic nitrogens is 2. The van der Waals surface area contributed by atoms with Gasteiger partial charge in [-0.05, 0) is 31.4 Å². The molecule has 2 aromatic rings. The van der Waals surface area contributed by atoms with Gasteiger partial charge in [0.05, 0.1) is 17.3 Å². The molecular weight excluding hydrogens is 202 g/mol. The van der Waals surface area contributed by atoms with Crippen LogP contribution in [0.3, 0.4) is 0 Å². The Morgan fingerprint density at radius 1 is 1.44 bits per heavy atom. The standard InChI is InChI=1S/C12H13N3O/c16-12(14-9-4-3-5-9)10-8-13-15-7-2-1-6-11(10)15/h1-2,6-9H,3-5H2,(H,14,16). The first-order valence-corrected chi connectivity index (χ1v) is 5.58. The number of hydrogen-bond donors (Lipinski definition) is 1. The maximum Gasteiger partial charge on any atom is 0.255 e. The second kappa shape index (κ2) is 3.63. The van der Waals surface area contributed by atoms with E-state index in [1.165, 1.54) is 6.42 Å². The molecule has 4 nitrogen and oxygen atoms in total. The van der Waals surface area contributed by atoms with Crippen LogP contribution in [0.5, 0.6) is 0 Å². The lowest BCUT2D eigenvalue weighted by Gasteiger charge is -2.26. The van der Waals surface area contributed by atoms with Crippen molar-refractivity contribution in [1.82, 2.24) is 14.9 Å². The van der Waals surface area contributed by atoms with Gasteiger partial charge in [-0.3, -0.25) is 4.79 Å². The lowest BCUT2D eigenvalue weighted by Crippen LogP contribution is -2.39. The highest BCUT2D eigenvalue weighted by Gasteiger charge is 2.21. The Bertz CT molecular complexity index is 528. The smallest absolute Gasteiger partial charge is 0.255 e. The van der Waals surface area contributed by atoms with E-state index in [9.17, 15) is 4.79 Å². The molecule has 2 heterocycles. The zero-order valence-corrected chi connectivity index (χ0v) is 8.89. The van der Waals surface area contributed by atoms with E-state index >= 15 is 0 Å². The molecule has 0 aromatic carbocycles. The van der Waals surface area contributed by atoms with Crippen LogP contribution in [0.2, 0.25) is 0 Å². The highest BCUT2D eigenvalue weighted by Crippen LogP contribution is 2.19. The van der Waals surface area contributed by atoms with Crippen LogP contribution in [0.4, 0.5) is 0 Å². The number of carbonyl (C=O) groups excluding carboxylic acids is 1. The third-order valence-electron chi connectivity index (χ3n) is 3.11. The van der Waals surface area contributed by atoms with Gasteiger partial charge >= 0.3 is 0 Å². The van der Waals surface area contributed by atoms with Crippen molar-refractivity contribution >= 4 is 11.4 Å². The Kier molecular flexibility index (Phi) is 2.13. The second-order valence-corrected chi connectivity index (χ2v) is 4.19. The molecule has 3 rings (SSSR count). The summed E-state index contributed by atoms with van der Waals surface area (Å²) in [5.74, 6) is -0.00843. The highest BCUT2D eigenvalue weighted by atomic mass is 16.1. The van der Waals surface area contributed by atoms with Gasteiger partial charge in [0, 0.05) is 12.2 Å². The summed E-state index contributed by atoms with van der Waals surface area (Å²) in [4.78, 5) is 12.0. The fourth-order valence-electron chi connectivity index (χ4n) is 1.93. The van der Waals surface area contributed by atoms with E-state index in [0.29, 0.717) is 11.6 Å². The molecule has 0 saturated heterocycles. The molecular formula is C12H13N3O. The Balaban J connectivity index is 1.89. The molecule has 0 spiro atoms. The number of carbonyl (C=O) groups is 1. The van der Waals surface area contributed by atoms with Gasteiger partial charge in [0.2, 0.25) is 0 Å². The van der Waals surface area contributed by atoms with Crippen molar-refractivity contribution in [1.29, 1.82) is 0 Å². The van der Waals surface area contributed by atoms with Crippen LogP contribution < -0.4 is 5.32 Å². The Morgan fingerprint density at radius 2 is 2.31 bits per heavy atom. The van der Waals surface area contributed by atoms with E-state index in [0.717, 1.165) is 18.4 Å². The molecule has 16 heavy (non-hydrogen) atoms. The summed E-state index contributed by atoms with van der Waals surface area (Å²) < 4.78 is 1.72. The summed E-state index contributed by atoms with van der Waals surface area (Å²) in [7, 11) is 0. The fourth-order valence-corrected chi connectivity index (χ4v) is 1.93. The van der Waals surface area contributed by atoms with Gasteiger partial charge < -0.3 is 5.32 Å². The first-order chi connectivity index (χ1) is 7.84. The molecule has 1 aliphatic carbocycles. The molecule has 1 N–H and O–H groups in total. The van der Waals surface area contributed by atoms with Crippen molar-refractivity contribution in [3.63, 3.8) is 0 Å². The average Bonchev–Trinajstić information content (AvgIpc) is 2.67. The van der Waals surface area contributed by atoms with Crippen molar-refractivity contribution in [2.75, 3.05) is 0 Å². The Morgan fingerprint density at radius 3 is 3.06 bits per heavy atom. The van der Waals surface area contributed by atoms with Gasteiger partial charge in [0.1, 0.15) is 0 Å². The molecule has 1 saturated carbocycles. The predicted molar refractivity (Wildman–Crippen MR) is 60.3 cm³/mol. The van der Waals surface area contributed by atoms with Crippen molar-refractivity contribution in [2.24, 2.45) is 0 Å². The minimum atomic E-state index is -0.00843. The molecule has 4 heteroatoms. The lowest BCUT2D eigenvalue weighted by molar-refractivity contribution is 0.0918. The minimum absolute atomic E-state index is 0.00843. The van der Waals surface area contributed by atoms with Crippen molar-refractivity contribution in [3.05, 3.63) is 36.2 Å². The summed E-state index contributed by atoms with van der Waals surface area (Å²) in [5.41, 5.74) is 1.52. The summed E-state index contributed by atoms with van der Waals surface area (Å²) in [6.45, 7) is 0. The summed E-state index contributed by atoms with van der Waals surface area (Å²) in [6, 6.07) is 6.08. The van der Waals surface area contributed by atoms with E-state index in [1.807, 2.05) is 24.4 Å². The molecule has 1 fully saturated rings. The fraction of sp³-hybridized carbons (Fsp3) is 0.333. The van der Waals surface area contributed by atoms with Crippen molar-refractivity contribution < 1.29 is 4.79 Å².